The quantitative estimate of drug-likeness (QED) is 0.620. The lowest BCUT2D eigenvalue weighted by Crippen LogP contribution is -2.37. The Labute approximate surface area is 130 Å². The zero-order valence-corrected chi connectivity index (χ0v) is 13.3. The fourth-order valence-electron chi connectivity index (χ4n) is 2.33. The number of ether oxygens (including phenoxy) is 1. The summed E-state index contributed by atoms with van der Waals surface area (Å²) in [5, 5.41) is 3.68. The Hall–Kier alpha value is -1.30. The molecule has 0 bridgehead atoms. The van der Waals surface area contributed by atoms with Gasteiger partial charge in [-0.2, -0.15) is 4.98 Å². The molecule has 0 unspecified atom stereocenters. The van der Waals surface area contributed by atoms with Gasteiger partial charge in [0.05, 0.1) is 12.4 Å². The lowest BCUT2D eigenvalue weighted by Gasteiger charge is -2.22. The van der Waals surface area contributed by atoms with E-state index in [9.17, 15) is 4.79 Å². The van der Waals surface area contributed by atoms with E-state index in [-0.39, 0.29) is 5.91 Å². The van der Waals surface area contributed by atoms with Crippen LogP contribution in [0.1, 0.15) is 45.4 Å². The molecule has 1 amide bonds. The molecule has 1 aliphatic rings. The average Bonchev–Trinajstić information content (AvgIpc) is 2.52. The number of thioether (sulfide) groups is 1. The number of carbonyl (C=O) groups excluding carboxylic acids is 1. The van der Waals surface area contributed by atoms with Gasteiger partial charge in [0.25, 0.3) is 0 Å². The van der Waals surface area contributed by atoms with Crippen molar-refractivity contribution < 1.29 is 9.53 Å². The van der Waals surface area contributed by atoms with Crippen LogP contribution in [0.25, 0.3) is 0 Å². The van der Waals surface area contributed by atoms with Gasteiger partial charge in [0.2, 0.25) is 11.8 Å². The normalized spacial score (nSPS) is 15.7. The molecule has 1 saturated carbocycles. The van der Waals surface area contributed by atoms with E-state index in [2.05, 4.69) is 15.3 Å². The monoisotopic (exact) mass is 309 g/mol. The standard InChI is InChI=1S/C15H23N3O2S/c1-2-10-20-14-8-9-16-15(18-14)21-11-13(19)17-12-6-4-3-5-7-12/h8-9,12H,2-7,10-11H2,1H3,(H,17,19). The molecule has 6 heteroatoms. The number of aromatic nitrogens is 2. The third-order valence-electron chi connectivity index (χ3n) is 3.36. The summed E-state index contributed by atoms with van der Waals surface area (Å²) < 4.78 is 5.46. The van der Waals surface area contributed by atoms with Gasteiger partial charge in [0, 0.05) is 18.3 Å². The summed E-state index contributed by atoms with van der Waals surface area (Å²) in [6.45, 7) is 2.69. The number of amides is 1. The van der Waals surface area contributed by atoms with Crippen molar-refractivity contribution in [3.8, 4) is 5.88 Å². The maximum atomic E-state index is 11.9. The van der Waals surface area contributed by atoms with Gasteiger partial charge in [-0.15, -0.1) is 0 Å². The highest BCUT2D eigenvalue weighted by atomic mass is 32.2. The average molecular weight is 309 g/mol. The Kier molecular flexibility index (Phi) is 6.79. The van der Waals surface area contributed by atoms with Crippen molar-refractivity contribution in [3.05, 3.63) is 12.3 Å². The summed E-state index contributed by atoms with van der Waals surface area (Å²) in [6, 6.07) is 2.09. The number of nitrogens with zero attached hydrogens (tertiary/aromatic N) is 2. The van der Waals surface area contributed by atoms with Crippen molar-refractivity contribution in [2.75, 3.05) is 12.4 Å². The first-order valence-electron chi connectivity index (χ1n) is 7.66. The van der Waals surface area contributed by atoms with Gasteiger partial charge >= 0.3 is 0 Å². The zero-order valence-electron chi connectivity index (χ0n) is 12.5. The maximum absolute atomic E-state index is 11.9. The summed E-state index contributed by atoms with van der Waals surface area (Å²) in [5.41, 5.74) is 0. The summed E-state index contributed by atoms with van der Waals surface area (Å²) in [7, 11) is 0. The van der Waals surface area contributed by atoms with Crippen LogP contribution in [0, 0.1) is 0 Å². The number of nitrogens with one attached hydrogen (secondary N) is 1. The second kappa shape index (κ2) is 8.87. The van der Waals surface area contributed by atoms with Crippen molar-refractivity contribution in [1.29, 1.82) is 0 Å². The van der Waals surface area contributed by atoms with Crippen molar-refractivity contribution in [2.45, 2.75) is 56.6 Å². The fraction of sp³-hybridized carbons (Fsp3) is 0.667. The Bertz CT molecular complexity index is 450. The van der Waals surface area contributed by atoms with E-state index in [4.69, 9.17) is 4.74 Å². The fourth-order valence-corrected chi connectivity index (χ4v) is 2.96. The predicted octanol–water partition coefficient (Wildman–Crippen LogP) is 2.81. The van der Waals surface area contributed by atoms with Crippen LogP contribution in [-0.2, 0) is 4.79 Å². The van der Waals surface area contributed by atoms with Crippen molar-refractivity contribution >= 4 is 17.7 Å². The Morgan fingerprint density at radius 3 is 3.00 bits per heavy atom. The third kappa shape index (κ3) is 5.91. The zero-order chi connectivity index (χ0) is 14.9. The van der Waals surface area contributed by atoms with Crippen LogP contribution in [0.4, 0.5) is 0 Å². The van der Waals surface area contributed by atoms with Gasteiger partial charge in [-0.1, -0.05) is 37.9 Å². The van der Waals surface area contributed by atoms with Crippen LogP contribution in [-0.4, -0.2) is 34.3 Å². The van der Waals surface area contributed by atoms with Crippen molar-refractivity contribution in [2.24, 2.45) is 0 Å². The molecule has 0 saturated heterocycles. The molecular formula is C15H23N3O2S. The molecule has 2 rings (SSSR count). The molecule has 1 aromatic heterocycles. The lowest BCUT2D eigenvalue weighted by atomic mass is 9.95. The van der Waals surface area contributed by atoms with E-state index < -0.39 is 0 Å². The van der Waals surface area contributed by atoms with E-state index in [1.165, 1.54) is 31.0 Å². The highest BCUT2D eigenvalue weighted by Gasteiger charge is 2.16. The first-order valence-corrected chi connectivity index (χ1v) is 8.64. The lowest BCUT2D eigenvalue weighted by molar-refractivity contribution is -0.119. The van der Waals surface area contributed by atoms with Gasteiger partial charge in [-0.25, -0.2) is 4.98 Å². The molecule has 21 heavy (non-hydrogen) atoms. The largest absolute Gasteiger partial charge is 0.478 e. The first-order chi connectivity index (χ1) is 10.3. The SMILES string of the molecule is CCCOc1ccnc(SCC(=O)NC2CCCCC2)n1. The highest BCUT2D eigenvalue weighted by Crippen LogP contribution is 2.19. The van der Waals surface area contributed by atoms with E-state index >= 15 is 0 Å². The second-order valence-electron chi connectivity index (χ2n) is 5.22. The molecule has 0 atom stereocenters. The van der Waals surface area contributed by atoms with E-state index in [1.54, 1.807) is 12.3 Å². The predicted molar refractivity (Wildman–Crippen MR) is 83.6 cm³/mol. The second-order valence-corrected chi connectivity index (χ2v) is 6.16. The molecule has 1 N–H and O–H groups in total. The summed E-state index contributed by atoms with van der Waals surface area (Å²) >= 11 is 1.35. The van der Waals surface area contributed by atoms with Gasteiger partial charge in [0.15, 0.2) is 5.16 Å². The van der Waals surface area contributed by atoms with Crippen LogP contribution in [0.15, 0.2) is 17.4 Å². The van der Waals surface area contributed by atoms with Crippen LogP contribution in [0.5, 0.6) is 5.88 Å². The molecule has 1 aromatic rings. The van der Waals surface area contributed by atoms with Crippen LogP contribution in [0.2, 0.25) is 0 Å². The summed E-state index contributed by atoms with van der Waals surface area (Å²) in [4.78, 5) is 20.4. The summed E-state index contributed by atoms with van der Waals surface area (Å²) in [5.74, 6) is 0.991. The molecule has 1 aliphatic carbocycles. The van der Waals surface area contributed by atoms with Gasteiger partial charge in [0.1, 0.15) is 0 Å². The van der Waals surface area contributed by atoms with E-state index in [0.29, 0.717) is 29.4 Å². The first kappa shape index (κ1) is 16.1. The molecular weight excluding hydrogens is 286 g/mol. The summed E-state index contributed by atoms with van der Waals surface area (Å²) in [6.07, 6.45) is 8.55. The number of rotatable bonds is 7. The minimum atomic E-state index is 0.0652. The van der Waals surface area contributed by atoms with Crippen LogP contribution in [0.3, 0.4) is 0 Å². The van der Waals surface area contributed by atoms with E-state index in [0.717, 1.165) is 19.3 Å². The molecule has 1 fully saturated rings. The van der Waals surface area contributed by atoms with Crippen LogP contribution < -0.4 is 10.1 Å². The Morgan fingerprint density at radius 2 is 2.24 bits per heavy atom. The number of hydrogen-bond acceptors (Lipinski definition) is 5. The van der Waals surface area contributed by atoms with Crippen molar-refractivity contribution in [1.82, 2.24) is 15.3 Å². The molecule has 5 nitrogen and oxygen atoms in total. The highest BCUT2D eigenvalue weighted by molar-refractivity contribution is 7.99. The molecule has 116 valence electrons. The van der Waals surface area contributed by atoms with Crippen molar-refractivity contribution in [3.63, 3.8) is 0 Å². The topological polar surface area (TPSA) is 64.1 Å². The smallest absolute Gasteiger partial charge is 0.230 e. The Morgan fingerprint density at radius 1 is 1.43 bits per heavy atom. The van der Waals surface area contributed by atoms with E-state index in [1.807, 2.05) is 6.92 Å². The molecule has 0 spiro atoms. The minimum absolute atomic E-state index is 0.0652. The third-order valence-corrected chi connectivity index (χ3v) is 4.23. The van der Waals surface area contributed by atoms with Gasteiger partial charge in [-0.05, 0) is 19.3 Å². The minimum Gasteiger partial charge on any atom is -0.478 e. The molecule has 0 aromatic carbocycles. The van der Waals surface area contributed by atoms with Gasteiger partial charge in [-0.3, -0.25) is 4.79 Å². The maximum Gasteiger partial charge on any atom is 0.230 e. The number of hydrogen-bond donors (Lipinski definition) is 1. The molecule has 0 radical (unpaired) electrons. The van der Waals surface area contributed by atoms with Gasteiger partial charge < -0.3 is 10.1 Å². The molecule has 0 aliphatic heterocycles. The number of carbonyl (C=O) groups is 1. The Balaban J connectivity index is 1.75. The van der Waals surface area contributed by atoms with Crippen LogP contribution >= 0.6 is 11.8 Å². The molecule has 1 heterocycles.